The Balaban J connectivity index is 2.19. The highest BCUT2D eigenvalue weighted by Crippen LogP contribution is 2.43. The summed E-state index contributed by atoms with van der Waals surface area (Å²) < 4.78 is 6.09. The molecule has 1 aliphatic rings. The molecule has 0 aliphatic carbocycles. The first-order valence-electron chi connectivity index (χ1n) is 7.53. The van der Waals surface area contributed by atoms with Crippen molar-refractivity contribution in [2.45, 2.75) is 65.1 Å². The number of ether oxygens (including phenoxy) is 1. The van der Waals surface area contributed by atoms with Crippen LogP contribution in [0.1, 0.15) is 59.1 Å². The Kier molecular flexibility index (Phi) is 4.19. The Morgan fingerprint density at radius 3 is 2.47 bits per heavy atom. The molecule has 0 spiro atoms. The van der Waals surface area contributed by atoms with Crippen LogP contribution in [-0.4, -0.2) is 11.6 Å². The molecule has 0 radical (unpaired) electrons. The van der Waals surface area contributed by atoms with Crippen LogP contribution in [0.4, 0.5) is 0 Å². The number of hydrogen-bond donors (Lipinski definition) is 1. The third-order valence-corrected chi connectivity index (χ3v) is 4.48. The molecule has 19 heavy (non-hydrogen) atoms. The SMILES string of the molecule is CCC(CC)C(C)NC1c2ccccc2OC1(C)C. The van der Waals surface area contributed by atoms with Gasteiger partial charge in [-0.1, -0.05) is 44.9 Å². The number of nitrogens with one attached hydrogen (secondary N) is 1. The van der Waals surface area contributed by atoms with Crippen molar-refractivity contribution >= 4 is 0 Å². The zero-order valence-electron chi connectivity index (χ0n) is 12.9. The second-order valence-corrected chi connectivity index (χ2v) is 6.21. The van der Waals surface area contributed by atoms with Gasteiger partial charge in [0.15, 0.2) is 0 Å². The standard InChI is InChI=1S/C17H27NO/c1-6-13(7-2)12(3)18-16-14-10-8-9-11-15(14)19-17(16,4)5/h8-13,16,18H,6-7H2,1-5H3. The molecule has 0 aromatic heterocycles. The van der Waals surface area contributed by atoms with Crippen molar-refractivity contribution in [3.05, 3.63) is 29.8 Å². The molecule has 2 unspecified atom stereocenters. The smallest absolute Gasteiger partial charge is 0.125 e. The lowest BCUT2D eigenvalue weighted by Crippen LogP contribution is -2.45. The largest absolute Gasteiger partial charge is 0.486 e. The van der Waals surface area contributed by atoms with Gasteiger partial charge in [-0.25, -0.2) is 0 Å². The summed E-state index contributed by atoms with van der Waals surface area (Å²) in [4.78, 5) is 0. The quantitative estimate of drug-likeness (QED) is 0.852. The molecule has 0 saturated carbocycles. The van der Waals surface area contributed by atoms with Crippen LogP contribution in [0.3, 0.4) is 0 Å². The van der Waals surface area contributed by atoms with E-state index in [0.29, 0.717) is 6.04 Å². The molecule has 2 rings (SSSR count). The predicted molar refractivity (Wildman–Crippen MR) is 80.6 cm³/mol. The average molecular weight is 261 g/mol. The van der Waals surface area contributed by atoms with Crippen LogP contribution < -0.4 is 10.1 Å². The van der Waals surface area contributed by atoms with Gasteiger partial charge in [0.2, 0.25) is 0 Å². The lowest BCUT2D eigenvalue weighted by molar-refractivity contribution is 0.0869. The van der Waals surface area contributed by atoms with Crippen molar-refractivity contribution in [2.24, 2.45) is 5.92 Å². The second kappa shape index (κ2) is 5.54. The van der Waals surface area contributed by atoms with E-state index in [4.69, 9.17) is 4.74 Å². The third kappa shape index (κ3) is 2.79. The van der Waals surface area contributed by atoms with Crippen LogP contribution in [0.2, 0.25) is 0 Å². The van der Waals surface area contributed by atoms with Crippen molar-refractivity contribution in [3.8, 4) is 5.75 Å². The summed E-state index contributed by atoms with van der Waals surface area (Å²) in [5.74, 6) is 1.75. The normalized spacial score (nSPS) is 22.1. The fourth-order valence-corrected chi connectivity index (χ4v) is 3.21. The summed E-state index contributed by atoms with van der Waals surface area (Å²) in [6.45, 7) is 11.2. The molecule has 1 aromatic carbocycles. The summed E-state index contributed by atoms with van der Waals surface area (Å²) in [6.07, 6.45) is 2.45. The minimum absolute atomic E-state index is 0.177. The van der Waals surface area contributed by atoms with Crippen molar-refractivity contribution in [3.63, 3.8) is 0 Å². The first-order valence-corrected chi connectivity index (χ1v) is 7.53. The van der Waals surface area contributed by atoms with Gasteiger partial charge < -0.3 is 10.1 Å². The van der Waals surface area contributed by atoms with Crippen molar-refractivity contribution in [2.75, 3.05) is 0 Å². The van der Waals surface area contributed by atoms with Gasteiger partial charge in [-0.3, -0.25) is 0 Å². The second-order valence-electron chi connectivity index (χ2n) is 6.21. The number of benzene rings is 1. The molecule has 2 heteroatoms. The molecule has 2 atom stereocenters. The molecule has 0 amide bonds. The predicted octanol–water partition coefficient (Wildman–Crippen LogP) is 4.31. The number of para-hydroxylation sites is 1. The van der Waals surface area contributed by atoms with E-state index in [1.54, 1.807) is 0 Å². The van der Waals surface area contributed by atoms with Crippen LogP contribution in [0.15, 0.2) is 24.3 Å². The van der Waals surface area contributed by atoms with E-state index < -0.39 is 0 Å². The topological polar surface area (TPSA) is 21.3 Å². The molecule has 1 heterocycles. The molecule has 2 nitrogen and oxygen atoms in total. The molecule has 106 valence electrons. The Bertz CT molecular complexity index is 423. The van der Waals surface area contributed by atoms with Gasteiger partial charge >= 0.3 is 0 Å². The first-order chi connectivity index (χ1) is 8.99. The molecule has 1 aromatic rings. The van der Waals surface area contributed by atoms with Gasteiger partial charge in [-0.05, 0) is 32.8 Å². The third-order valence-electron chi connectivity index (χ3n) is 4.48. The molecule has 1 aliphatic heterocycles. The Hall–Kier alpha value is -1.02. The van der Waals surface area contributed by atoms with Crippen LogP contribution in [-0.2, 0) is 0 Å². The van der Waals surface area contributed by atoms with Gasteiger partial charge in [-0.15, -0.1) is 0 Å². The fraction of sp³-hybridized carbons (Fsp3) is 0.647. The highest BCUT2D eigenvalue weighted by atomic mass is 16.5. The van der Waals surface area contributed by atoms with E-state index in [1.165, 1.54) is 18.4 Å². The van der Waals surface area contributed by atoms with Crippen LogP contribution >= 0.6 is 0 Å². The van der Waals surface area contributed by atoms with Gasteiger partial charge in [0.05, 0.1) is 6.04 Å². The summed E-state index contributed by atoms with van der Waals surface area (Å²) in [5, 5.41) is 3.80. The minimum atomic E-state index is -0.177. The van der Waals surface area contributed by atoms with Gasteiger partial charge in [0, 0.05) is 11.6 Å². The maximum atomic E-state index is 6.09. The van der Waals surface area contributed by atoms with Crippen molar-refractivity contribution in [1.82, 2.24) is 5.32 Å². The zero-order chi connectivity index (χ0) is 14.0. The molecule has 1 N–H and O–H groups in total. The number of hydrogen-bond acceptors (Lipinski definition) is 2. The number of rotatable bonds is 5. The van der Waals surface area contributed by atoms with E-state index in [1.807, 2.05) is 6.07 Å². The molecule has 0 fully saturated rings. The number of fused-ring (bicyclic) bond motifs is 1. The molecular formula is C17H27NO. The zero-order valence-corrected chi connectivity index (χ0v) is 12.9. The lowest BCUT2D eigenvalue weighted by Gasteiger charge is -2.32. The summed E-state index contributed by atoms with van der Waals surface area (Å²) in [6, 6.07) is 9.18. The van der Waals surface area contributed by atoms with E-state index in [-0.39, 0.29) is 11.6 Å². The first kappa shape index (κ1) is 14.4. The monoisotopic (exact) mass is 261 g/mol. The highest BCUT2D eigenvalue weighted by Gasteiger charge is 2.41. The van der Waals surface area contributed by atoms with Crippen LogP contribution in [0, 0.1) is 5.92 Å². The Labute approximate surface area is 117 Å². The maximum Gasteiger partial charge on any atom is 0.125 e. The highest BCUT2D eigenvalue weighted by molar-refractivity contribution is 5.42. The van der Waals surface area contributed by atoms with Crippen molar-refractivity contribution in [1.29, 1.82) is 0 Å². The van der Waals surface area contributed by atoms with Crippen molar-refractivity contribution < 1.29 is 4.74 Å². The van der Waals surface area contributed by atoms with E-state index in [2.05, 4.69) is 58.1 Å². The molecule has 0 saturated heterocycles. The Morgan fingerprint density at radius 1 is 1.21 bits per heavy atom. The van der Waals surface area contributed by atoms with E-state index in [0.717, 1.165) is 11.7 Å². The molecule has 0 bridgehead atoms. The lowest BCUT2D eigenvalue weighted by atomic mass is 9.90. The van der Waals surface area contributed by atoms with Gasteiger partial charge in [-0.2, -0.15) is 0 Å². The maximum absolute atomic E-state index is 6.09. The van der Waals surface area contributed by atoms with E-state index in [9.17, 15) is 0 Å². The van der Waals surface area contributed by atoms with Gasteiger partial charge in [0.25, 0.3) is 0 Å². The summed E-state index contributed by atoms with van der Waals surface area (Å²) in [5.41, 5.74) is 1.12. The van der Waals surface area contributed by atoms with Crippen LogP contribution in [0.25, 0.3) is 0 Å². The summed E-state index contributed by atoms with van der Waals surface area (Å²) in [7, 11) is 0. The molecular weight excluding hydrogens is 234 g/mol. The average Bonchev–Trinajstić information content (AvgIpc) is 2.62. The fourth-order valence-electron chi connectivity index (χ4n) is 3.21. The van der Waals surface area contributed by atoms with Crippen LogP contribution in [0.5, 0.6) is 5.75 Å². The minimum Gasteiger partial charge on any atom is -0.486 e. The Morgan fingerprint density at radius 2 is 1.84 bits per heavy atom. The summed E-state index contributed by atoms with van der Waals surface area (Å²) >= 11 is 0. The van der Waals surface area contributed by atoms with Gasteiger partial charge in [0.1, 0.15) is 11.4 Å². The van der Waals surface area contributed by atoms with E-state index >= 15 is 0 Å².